The molecule has 0 bridgehead atoms. The maximum Gasteiger partial charge on any atom is 0.314 e. The summed E-state index contributed by atoms with van der Waals surface area (Å²) >= 11 is 0. The molecule has 1 heterocycles. The summed E-state index contributed by atoms with van der Waals surface area (Å²) in [6.45, 7) is 10.4. The second kappa shape index (κ2) is 10.4. The number of hydrogen-bond donors (Lipinski definition) is 0. The molecule has 0 radical (unpaired) electrons. The average molecular weight is 466 g/mol. The van der Waals surface area contributed by atoms with Gasteiger partial charge in [0, 0.05) is 11.1 Å². The number of carbonyl (C=O) groups is 1. The van der Waals surface area contributed by atoms with Gasteiger partial charge in [-0.05, 0) is 89.7 Å². The van der Waals surface area contributed by atoms with Crippen LogP contribution >= 0.6 is 0 Å². The van der Waals surface area contributed by atoms with Crippen LogP contribution in [0.1, 0.15) is 104 Å². The monoisotopic (exact) mass is 465 g/mol. The number of esters is 1. The molecule has 1 aromatic rings. The van der Waals surface area contributed by atoms with Crippen molar-refractivity contribution in [2.45, 2.75) is 109 Å². The fraction of sp³-hybridized carbons (Fsp3) is 0.741. The van der Waals surface area contributed by atoms with Gasteiger partial charge in [-0.1, -0.05) is 32.3 Å². The number of ether oxygens (including phenoxy) is 1. The number of unbranched alkanes of at least 4 members (excludes halogenated alkanes) is 1. The number of halogens is 2. The summed E-state index contributed by atoms with van der Waals surface area (Å²) in [6, 6.07) is 3.00. The van der Waals surface area contributed by atoms with Crippen LogP contribution in [-0.2, 0) is 9.63 Å². The molecule has 0 amide bonds. The summed E-state index contributed by atoms with van der Waals surface area (Å²) in [6.07, 6.45) is 8.38. The molecule has 1 saturated heterocycles. The van der Waals surface area contributed by atoms with Crippen LogP contribution in [0.2, 0.25) is 0 Å². The third-order valence-corrected chi connectivity index (χ3v) is 7.65. The molecule has 0 unspecified atom stereocenters. The van der Waals surface area contributed by atoms with E-state index in [1.165, 1.54) is 25.3 Å². The topological polar surface area (TPSA) is 38.8 Å². The van der Waals surface area contributed by atoms with Gasteiger partial charge in [-0.15, -0.1) is 0 Å². The van der Waals surface area contributed by atoms with Gasteiger partial charge in [0.25, 0.3) is 0 Å². The Hall–Kier alpha value is -1.53. The van der Waals surface area contributed by atoms with Gasteiger partial charge in [-0.3, -0.25) is 4.79 Å². The molecule has 3 rings (SSSR count). The minimum Gasteiger partial charge on any atom is -0.423 e. The van der Waals surface area contributed by atoms with Gasteiger partial charge in [0.05, 0.1) is 13.0 Å². The van der Waals surface area contributed by atoms with Crippen LogP contribution in [0.4, 0.5) is 8.78 Å². The maximum atomic E-state index is 15.2. The number of rotatable bonds is 7. The lowest BCUT2D eigenvalue weighted by Gasteiger charge is -2.53. The first-order valence-electron chi connectivity index (χ1n) is 12.5. The summed E-state index contributed by atoms with van der Waals surface area (Å²) in [5.74, 6) is -2.45. The maximum absolute atomic E-state index is 15.2. The van der Waals surface area contributed by atoms with Crippen LogP contribution in [0.3, 0.4) is 0 Å². The minimum atomic E-state index is -1.07. The van der Waals surface area contributed by atoms with Crippen molar-refractivity contribution >= 4 is 5.97 Å². The third-order valence-electron chi connectivity index (χ3n) is 7.65. The zero-order valence-electron chi connectivity index (χ0n) is 21.2. The van der Waals surface area contributed by atoms with Crippen molar-refractivity contribution in [2.24, 2.45) is 11.8 Å². The number of hydrogen-bond acceptors (Lipinski definition) is 4. The van der Waals surface area contributed by atoms with Crippen molar-refractivity contribution in [1.82, 2.24) is 5.06 Å². The zero-order valence-corrected chi connectivity index (χ0v) is 21.2. The van der Waals surface area contributed by atoms with Gasteiger partial charge in [0.2, 0.25) is 5.82 Å². The predicted molar refractivity (Wildman–Crippen MR) is 126 cm³/mol. The molecule has 0 N–H and O–H groups in total. The average Bonchev–Trinajstić information content (AvgIpc) is 2.74. The van der Waals surface area contributed by atoms with E-state index in [1.54, 1.807) is 13.2 Å². The number of piperidine rings is 1. The van der Waals surface area contributed by atoms with Crippen molar-refractivity contribution in [3.05, 3.63) is 29.3 Å². The fourth-order valence-corrected chi connectivity index (χ4v) is 6.29. The second-order valence-corrected chi connectivity index (χ2v) is 11.3. The lowest BCUT2D eigenvalue weighted by molar-refractivity contribution is -0.266. The smallest absolute Gasteiger partial charge is 0.314 e. The molecular formula is C27H41F2NO3. The Kier molecular flexibility index (Phi) is 8.21. The Labute approximate surface area is 198 Å². The SMILES string of the molecule is CCCCC1CCC(C(=O)Oc2ccc(C3CC(C)(C)N(OC)C(C)(C)C3)c(F)c2F)CC1. The van der Waals surface area contributed by atoms with Crippen LogP contribution < -0.4 is 4.74 Å². The predicted octanol–water partition coefficient (Wildman–Crippen LogP) is 7.16. The summed E-state index contributed by atoms with van der Waals surface area (Å²) in [5, 5.41) is 1.94. The molecule has 1 saturated carbocycles. The molecule has 1 aliphatic carbocycles. The van der Waals surface area contributed by atoms with Crippen LogP contribution in [0.15, 0.2) is 12.1 Å². The lowest BCUT2D eigenvalue weighted by atomic mass is 9.72. The van der Waals surface area contributed by atoms with Gasteiger partial charge >= 0.3 is 5.97 Å². The molecule has 0 spiro atoms. The Bertz CT molecular complexity index is 813. The molecule has 2 aliphatic rings. The highest BCUT2D eigenvalue weighted by atomic mass is 19.2. The molecule has 6 heteroatoms. The van der Waals surface area contributed by atoms with E-state index in [1.807, 2.05) is 32.8 Å². The molecular weight excluding hydrogens is 424 g/mol. The summed E-state index contributed by atoms with van der Waals surface area (Å²) in [7, 11) is 1.64. The highest BCUT2D eigenvalue weighted by Gasteiger charge is 2.47. The first-order chi connectivity index (χ1) is 15.5. The first-order valence-corrected chi connectivity index (χ1v) is 12.5. The van der Waals surface area contributed by atoms with Gasteiger partial charge in [0.1, 0.15) is 0 Å². The van der Waals surface area contributed by atoms with Gasteiger partial charge < -0.3 is 9.57 Å². The van der Waals surface area contributed by atoms with E-state index in [0.717, 1.165) is 25.7 Å². The molecule has 0 atom stereocenters. The van der Waals surface area contributed by atoms with Crippen LogP contribution in [0, 0.1) is 23.5 Å². The van der Waals surface area contributed by atoms with E-state index in [0.29, 0.717) is 24.3 Å². The van der Waals surface area contributed by atoms with E-state index in [2.05, 4.69) is 6.92 Å². The third kappa shape index (κ3) is 5.76. The molecule has 4 nitrogen and oxygen atoms in total. The van der Waals surface area contributed by atoms with Crippen molar-refractivity contribution in [2.75, 3.05) is 7.11 Å². The summed E-state index contributed by atoms with van der Waals surface area (Å²) in [5.41, 5.74) is -0.350. The Morgan fingerprint density at radius 2 is 1.64 bits per heavy atom. The fourth-order valence-electron chi connectivity index (χ4n) is 6.29. The van der Waals surface area contributed by atoms with Gasteiger partial charge in [-0.25, -0.2) is 4.39 Å². The quantitative estimate of drug-likeness (QED) is 0.316. The zero-order chi connectivity index (χ0) is 24.4. The van der Waals surface area contributed by atoms with E-state index in [-0.39, 0.29) is 28.7 Å². The highest BCUT2D eigenvalue weighted by Crippen LogP contribution is 2.46. The van der Waals surface area contributed by atoms with E-state index in [9.17, 15) is 9.18 Å². The summed E-state index contributed by atoms with van der Waals surface area (Å²) < 4.78 is 35.5. The number of benzene rings is 1. The highest BCUT2D eigenvalue weighted by molar-refractivity contribution is 5.75. The van der Waals surface area contributed by atoms with Crippen molar-refractivity contribution < 1.29 is 23.1 Å². The van der Waals surface area contributed by atoms with Gasteiger partial charge in [0.15, 0.2) is 11.6 Å². The van der Waals surface area contributed by atoms with Gasteiger partial charge in [-0.2, -0.15) is 9.45 Å². The van der Waals surface area contributed by atoms with E-state index < -0.39 is 17.6 Å². The Morgan fingerprint density at radius 1 is 1.03 bits per heavy atom. The van der Waals surface area contributed by atoms with Crippen molar-refractivity contribution in [1.29, 1.82) is 0 Å². The van der Waals surface area contributed by atoms with E-state index in [4.69, 9.17) is 9.57 Å². The molecule has 0 aromatic heterocycles. The number of hydroxylamine groups is 2. The normalized spacial score (nSPS) is 25.7. The molecule has 33 heavy (non-hydrogen) atoms. The van der Waals surface area contributed by atoms with Crippen LogP contribution in [0.5, 0.6) is 5.75 Å². The number of carbonyl (C=O) groups excluding carboxylic acids is 1. The van der Waals surface area contributed by atoms with Crippen molar-refractivity contribution in [3.63, 3.8) is 0 Å². The summed E-state index contributed by atoms with van der Waals surface area (Å²) in [4.78, 5) is 18.3. The molecule has 1 aromatic carbocycles. The largest absolute Gasteiger partial charge is 0.423 e. The van der Waals surface area contributed by atoms with Crippen LogP contribution in [-0.4, -0.2) is 29.2 Å². The Morgan fingerprint density at radius 3 is 2.18 bits per heavy atom. The Balaban J connectivity index is 1.69. The van der Waals surface area contributed by atoms with Crippen LogP contribution in [0.25, 0.3) is 0 Å². The lowest BCUT2D eigenvalue weighted by Crippen LogP contribution is -2.59. The molecule has 1 aliphatic heterocycles. The van der Waals surface area contributed by atoms with E-state index >= 15 is 4.39 Å². The molecule has 186 valence electrons. The first kappa shape index (κ1) is 26.1. The number of nitrogens with zero attached hydrogens (tertiary/aromatic N) is 1. The molecule has 2 fully saturated rings. The standard InChI is InChI=1S/C27H41F2NO3/c1-7-8-9-18-10-12-19(13-11-18)25(31)33-22-15-14-21(23(28)24(22)29)20-16-26(2,3)30(32-6)27(4,5)17-20/h14-15,18-20H,7-13,16-17H2,1-6H3. The second-order valence-electron chi connectivity index (χ2n) is 11.3. The minimum absolute atomic E-state index is 0.168. The van der Waals surface area contributed by atoms with Crippen molar-refractivity contribution in [3.8, 4) is 5.75 Å².